The lowest BCUT2D eigenvalue weighted by Crippen LogP contribution is -2.26. The van der Waals surface area contributed by atoms with Crippen LogP contribution in [0.1, 0.15) is 10.4 Å². The molecule has 0 unspecified atom stereocenters. The molecule has 0 spiro atoms. The number of aliphatic hydroxyl groups is 1. The van der Waals surface area contributed by atoms with Crippen LogP contribution in [0.5, 0.6) is 11.6 Å². The summed E-state index contributed by atoms with van der Waals surface area (Å²) in [6.45, 7) is 0.0581. The number of nitrogens with two attached hydrogens (primary N) is 1. The molecule has 0 fully saturated rings. The van der Waals surface area contributed by atoms with Crippen molar-refractivity contribution in [2.75, 3.05) is 18.9 Å². The molecule has 0 aliphatic rings. The van der Waals surface area contributed by atoms with E-state index in [1.807, 2.05) is 0 Å². The lowest BCUT2D eigenvalue weighted by atomic mass is 10.2. The summed E-state index contributed by atoms with van der Waals surface area (Å²) in [5, 5.41) is 11.4. The molecular formula is C13H13ClN4O3. The number of carbonyl (C=O) groups excluding carboxylic acids is 1. The van der Waals surface area contributed by atoms with Crippen molar-refractivity contribution in [1.29, 1.82) is 0 Å². The number of aromatic nitrogens is 2. The third kappa shape index (κ3) is 4.30. The molecule has 0 aliphatic carbocycles. The normalized spacial score (nSPS) is 10.2. The highest BCUT2D eigenvalue weighted by Gasteiger charge is 2.08. The molecule has 0 saturated heterocycles. The quantitative estimate of drug-likeness (QED) is 0.716. The van der Waals surface area contributed by atoms with Crippen LogP contribution in [-0.4, -0.2) is 34.1 Å². The van der Waals surface area contributed by atoms with Crippen molar-refractivity contribution in [3.8, 4) is 11.6 Å². The monoisotopic (exact) mass is 308 g/mol. The van der Waals surface area contributed by atoms with Gasteiger partial charge in [0, 0.05) is 18.2 Å². The van der Waals surface area contributed by atoms with Crippen LogP contribution < -0.4 is 15.8 Å². The van der Waals surface area contributed by atoms with Gasteiger partial charge in [0.2, 0.25) is 11.8 Å². The van der Waals surface area contributed by atoms with Crippen LogP contribution in [0.3, 0.4) is 0 Å². The fraction of sp³-hybridized carbons (Fsp3) is 0.154. The number of aliphatic hydroxyl groups excluding tert-OH is 1. The number of rotatable bonds is 5. The van der Waals surface area contributed by atoms with Gasteiger partial charge < -0.3 is 20.9 Å². The molecule has 110 valence electrons. The minimum atomic E-state index is -0.310. The van der Waals surface area contributed by atoms with Crippen molar-refractivity contribution in [3.05, 3.63) is 41.0 Å². The van der Waals surface area contributed by atoms with Crippen molar-refractivity contribution in [2.45, 2.75) is 0 Å². The first kappa shape index (κ1) is 15.0. The van der Waals surface area contributed by atoms with Gasteiger partial charge in [0.15, 0.2) is 0 Å². The molecular weight excluding hydrogens is 296 g/mol. The number of amides is 1. The zero-order valence-corrected chi connectivity index (χ0v) is 11.7. The fourth-order valence-corrected chi connectivity index (χ4v) is 1.74. The van der Waals surface area contributed by atoms with E-state index >= 15 is 0 Å². The van der Waals surface area contributed by atoms with Crippen molar-refractivity contribution < 1.29 is 14.6 Å². The Bertz CT molecular complexity index is 631. The van der Waals surface area contributed by atoms with E-state index in [1.54, 1.807) is 24.3 Å². The highest BCUT2D eigenvalue weighted by atomic mass is 35.5. The molecule has 0 bridgehead atoms. The predicted molar refractivity (Wildman–Crippen MR) is 77.4 cm³/mol. The maximum absolute atomic E-state index is 11.8. The summed E-state index contributed by atoms with van der Waals surface area (Å²) in [6.07, 6.45) is 0. The lowest BCUT2D eigenvalue weighted by Gasteiger charge is -2.08. The van der Waals surface area contributed by atoms with Crippen LogP contribution in [0.4, 0.5) is 5.95 Å². The molecule has 1 aromatic carbocycles. The van der Waals surface area contributed by atoms with E-state index in [2.05, 4.69) is 15.3 Å². The smallest absolute Gasteiger partial charge is 0.251 e. The number of hydrogen-bond acceptors (Lipinski definition) is 6. The molecule has 4 N–H and O–H groups in total. The molecule has 1 aromatic heterocycles. The molecule has 2 aromatic rings. The minimum Gasteiger partial charge on any atom is -0.439 e. The first-order valence-corrected chi connectivity index (χ1v) is 6.43. The number of nitrogens with one attached hydrogen (secondary N) is 1. The van der Waals surface area contributed by atoms with Crippen LogP contribution in [-0.2, 0) is 0 Å². The average Bonchev–Trinajstić information content (AvgIpc) is 2.44. The van der Waals surface area contributed by atoms with Gasteiger partial charge >= 0.3 is 0 Å². The van der Waals surface area contributed by atoms with Crippen molar-refractivity contribution in [2.24, 2.45) is 0 Å². The van der Waals surface area contributed by atoms with Gasteiger partial charge in [-0.15, -0.1) is 0 Å². The highest BCUT2D eigenvalue weighted by Crippen LogP contribution is 2.23. The van der Waals surface area contributed by atoms with Gasteiger partial charge in [0.1, 0.15) is 10.9 Å². The first-order valence-electron chi connectivity index (χ1n) is 6.05. The highest BCUT2D eigenvalue weighted by molar-refractivity contribution is 6.29. The Labute approximate surface area is 125 Å². The summed E-state index contributed by atoms with van der Waals surface area (Å²) in [4.78, 5) is 19.4. The third-order valence-corrected chi connectivity index (χ3v) is 2.60. The summed E-state index contributed by atoms with van der Waals surface area (Å²) in [7, 11) is 0. The SMILES string of the molecule is Nc1nc(Cl)cc(Oc2cccc(C(=O)NCCO)c2)n1. The van der Waals surface area contributed by atoms with E-state index in [1.165, 1.54) is 6.07 Å². The molecule has 1 heterocycles. The molecule has 0 aliphatic heterocycles. The Hall–Kier alpha value is -2.38. The molecule has 0 atom stereocenters. The van der Waals surface area contributed by atoms with E-state index in [9.17, 15) is 4.79 Å². The summed E-state index contributed by atoms with van der Waals surface area (Å²) in [5.41, 5.74) is 5.87. The van der Waals surface area contributed by atoms with Crippen molar-refractivity contribution in [1.82, 2.24) is 15.3 Å². The summed E-state index contributed by atoms with van der Waals surface area (Å²) in [6, 6.07) is 7.90. The Kier molecular flexibility index (Phi) is 4.91. The number of halogens is 1. The van der Waals surface area contributed by atoms with E-state index < -0.39 is 0 Å². The van der Waals surface area contributed by atoms with Crippen molar-refractivity contribution >= 4 is 23.5 Å². The molecule has 2 rings (SSSR count). The largest absolute Gasteiger partial charge is 0.439 e. The predicted octanol–water partition coefficient (Wildman–Crippen LogP) is 1.23. The van der Waals surface area contributed by atoms with Crippen LogP contribution >= 0.6 is 11.6 Å². The van der Waals surface area contributed by atoms with Gasteiger partial charge in [-0.3, -0.25) is 4.79 Å². The molecule has 8 heteroatoms. The van der Waals surface area contributed by atoms with E-state index in [0.29, 0.717) is 11.3 Å². The van der Waals surface area contributed by atoms with Gasteiger partial charge in [-0.1, -0.05) is 17.7 Å². The van der Waals surface area contributed by atoms with E-state index in [4.69, 9.17) is 27.2 Å². The average molecular weight is 309 g/mol. The zero-order chi connectivity index (χ0) is 15.2. The minimum absolute atomic E-state index is 0.00524. The van der Waals surface area contributed by atoms with Crippen LogP contribution in [0.2, 0.25) is 5.15 Å². The van der Waals surface area contributed by atoms with Gasteiger partial charge in [-0.25, -0.2) is 4.98 Å². The van der Waals surface area contributed by atoms with Gasteiger partial charge in [-0.05, 0) is 18.2 Å². The number of hydrogen-bond donors (Lipinski definition) is 3. The second kappa shape index (κ2) is 6.87. The maximum atomic E-state index is 11.8. The summed E-state index contributed by atoms with van der Waals surface area (Å²) < 4.78 is 5.49. The lowest BCUT2D eigenvalue weighted by molar-refractivity contribution is 0.0944. The second-order valence-corrected chi connectivity index (χ2v) is 4.38. The number of benzene rings is 1. The Morgan fingerprint density at radius 1 is 1.38 bits per heavy atom. The van der Waals surface area contributed by atoms with Crippen LogP contribution in [0.25, 0.3) is 0 Å². The third-order valence-electron chi connectivity index (χ3n) is 2.40. The van der Waals surface area contributed by atoms with E-state index in [0.717, 1.165) is 0 Å². The van der Waals surface area contributed by atoms with Crippen LogP contribution in [0, 0.1) is 0 Å². The second-order valence-electron chi connectivity index (χ2n) is 4.00. The molecule has 0 saturated carbocycles. The zero-order valence-electron chi connectivity index (χ0n) is 10.9. The standard InChI is InChI=1S/C13H13ClN4O3/c14-10-7-11(18-13(15)17-10)21-9-3-1-2-8(6-9)12(20)16-4-5-19/h1-3,6-7,19H,4-5H2,(H,16,20)(H2,15,17,18). The van der Waals surface area contributed by atoms with E-state index in [-0.39, 0.29) is 36.0 Å². The Morgan fingerprint density at radius 3 is 2.90 bits per heavy atom. The first-order chi connectivity index (χ1) is 10.1. The number of nitrogen functional groups attached to an aromatic ring is 1. The summed E-state index contributed by atoms with van der Waals surface area (Å²) >= 11 is 5.76. The van der Waals surface area contributed by atoms with Crippen LogP contribution in [0.15, 0.2) is 30.3 Å². The fourth-order valence-electron chi connectivity index (χ4n) is 1.56. The number of anilines is 1. The topological polar surface area (TPSA) is 110 Å². The number of carbonyl (C=O) groups is 1. The maximum Gasteiger partial charge on any atom is 0.251 e. The molecule has 7 nitrogen and oxygen atoms in total. The summed E-state index contributed by atoms with van der Waals surface area (Å²) in [5.74, 6) is 0.269. The number of nitrogens with zero attached hydrogens (tertiary/aromatic N) is 2. The Morgan fingerprint density at radius 2 is 2.19 bits per heavy atom. The van der Waals surface area contributed by atoms with Gasteiger partial charge in [0.05, 0.1) is 6.61 Å². The van der Waals surface area contributed by atoms with Gasteiger partial charge in [-0.2, -0.15) is 4.98 Å². The van der Waals surface area contributed by atoms with Gasteiger partial charge in [0.25, 0.3) is 5.91 Å². The molecule has 0 radical (unpaired) electrons. The molecule has 1 amide bonds. The van der Waals surface area contributed by atoms with Crippen molar-refractivity contribution in [3.63, 3.8) is 0 Å². The number of ether oxygens (including phenoxy) is 1. The molecule has 21 heavy (non-hydrogen) atoms. The Balaban J connectivity index is 2.15.